The van der Waals surface area contributed by atoms with Gasteiger partial charge in [0.25, 0.3) is 5.56 Å². The number of fused-ring (bicyclic) bond motifs is 1. The van der Waals surface area contributed by atoms with Crippen molar-refractivity contribution < 1.29 is 9.53 Å². The molecular weight excluding hydrogens is 440 g/mol. The molecule has 0 bridgehead atoms. The van der Waals surface area contributed by atoms with Crippen molar-refractivity contribution in [2.24, 2.45) is 0 Å². The number of aromatic amines is 2. The Kier molecular flexibility index (Phi) is 7.02. The van der Waals surface area contributed by atoms with Gasteiger partial charge in [-0.3, -0.25) is 9.59 Å². The summed E-state index contributed by atoms with van der Waals surface area (Å²) in [5.41, 5.74) is 5.09. The Bertz CT molecular complexity index is 1460. The maximum atomic E-state index is 12.9. The second-order valence-electron chi connectivity index (χ2n) is 8.59. The number of aromatic nitrogens is 2. The minimum absolute atomic E-state index is 0.0530. The number of benzene rings is 2. The number of carbonyl (C=O) groups excluding carboxylic acids is 1. The van der Waals surface area contributed by atoms with E-state index in [1.165, 1.54) is 0 Å². The summed E-state index contributed by atoms with van der Waals surface area (Å²) in [5.74, 6) is 0.633. The van der Waals surface area contributed by atoms with Crippen LogP contribution >= 0.6 is 0 Å². The summed E-state index contributed by atoms with van der Waals surface area (Å²) in [6.07, 6.45) is 2.69. The summed E-state index contributed by atoms with van der Waals surface area (Å²) in [6, 6.07) is 18.0. The third kappa shape index (κ3) is 4.97. The normalized spacial score (nSPS) is 11.7. The van der Waals surface area contributed by atoms with E-state index in [1.807, 2.05) is 54.7 Å². The number of H-pyrrole nitrogens is 2. The topological polar surface area (TPSA) is 111 Å². The van der Waals surface area contributed by atoms with Crippen molar-refractivity contribution in [1.82, 2.24) is 15.3 Å². The summed E-state index contributed by atoms with van der Waals surface area (Å²) in [7, 11) is 1.64. The van der Waals surface area contributed by atoms with E-state index in [0.717, 1.165) is 33.3 Å². The van der Waals surface area contributed by atoms with Crippen molar-refractivity contribution in [1.29, 1.82) is 5.26 Å². The molecular formula is C28H28N4O3. The zero-order valence-corrected chi connectivity index (χ0v) is 20.1. The minimum atomic E-state index is -0.392. The van der Waals surface area contributed by atoms with Crippen molar-refractivity contribution >= 4 is 16.8 Å². The number of amides is 1. The number of hydrogen-bond donors (Lipinski definition) is 3. The highest BCUT2D eigenvalue weighted by atomic mass is 16.5. The summed E-state index contributed by atoms with van der Waals surface area (Å²) in [6.45, 7) is 3.98. The van der Waals surface area contributed by atoms with Gasteiger partial charge in [0, 0.05) is 41.7 Å². The number of pyridine rings is 1. The lowest BCUT2D eigenvalue weighted by atomic mass is 9.90. The first-order valence-electron chi connectivity index (χ1n) is 11.5. The summed E-state index contributed by atoms with van der Waals surface area (Å²) in [5, 5.41) is 13.5. The molecule has 7 nitrogen and oxygen atoms in total. The summed E-state index contributed by atoms with van der Waals surface area (Å²) < 4.78 is 5.31. The average Bonchev–Trinajstić information content (AvgIpc) is 3.28. The van der Waals surface area contributed by atoms with Crippen LogP contribution in [0.1, 0.15) is 45.8 Å². The highest BCUT2D eigenvalue weighted by molar-refractivity contribution is 5.84. The Hall–Kier alpha value is -4.31. The van der Waals surface area contributed by atoms with E-state index < -0.39 is 5.56 Å². The molecule has 2 aromatic carbocycles. The molecule has 0 spiro atoms. The number of nitrogens with one attached hydrogen (secondary N) is 3. The number of nitrogens with zero attached hydrogens (tertiary/aromatic N) is 1. The van der Waals surface area contributed by atoms with Crippen molar-refractivity contribution in [3.63, 3.8) is 0 Å². The minimum Gasteiger partial charge on any atom is -0.497 e. The quantitative estimate of drug-likeness (QED) is 0.359. The zero-order chi connectivity index (χ0) is 24.9. The number of ether oxygens (including phenoxy) is 1. The Morgan fingerprint density at radius 2 is 1.89 bits per heavy atom. The highest BCUT2D eigenvalue weighted by Gasteiger charge is 2.20. The van der Waals surface area contributed by atoms with Crippen molar-refractivity contribution in [3.8, 4) is 11.8 Å². The molecule has 2 aromatic heterocycles. The molecule has 0 saturated carbocycles. The highest BCUT2D eigenvalue weighted by Crippen LogP contribution is 2.31. The Morgan fingerprint density at radius 1 is 1.14 bits per heavy atom. The van der Waals surface area contributed by atoms with E-state index >= 15 is 0 Å². The van der Waals surface area contributed by atoms with Gasteiger partial charge in [-0.05, 0) is 60.7 Å². The van der Waals surface area contributed by atoms with Gasteiger partial charge in [0.05, 0.1) is 7.11 Å². The SMILES string of the molecule is COc1ccc(C(CNC(=O)CCc2c(C)[nH]c(=O)c(C#N)c2C)c2c[nH]c3ccccc23)cc1. The van der Waals surface area contributed by atoms with Gasteiger partial charge in [-0.1, -0.05) is 30.3 Å². The molecule has 1 amide bonds. The molecule has 0 fully saturated rings. The summed E-state index contributed by atoms with van der Waals surface area (Å²) in [4.78, 5) is 30.9. The van der Waals surface area contributed by atoms with E-state index in [2.05, 4.69) is 21.4 Å². The van der Waals surface area contributed by atoms with Crippen LogP contribution in [0.25, 0.3) is 10.9 Å². The Balaban J connectivity index is 1.53. The molecule has 35 heavy (non-hydrogen) atoms. The smallest absolute Gasteiger partial charge is 0.266 e. The van der Waals surface area contributed by atoms with Crippen LogP contribution < -0.4 is 15.6 Å². The molecule has 0 saturated heterocycles. The lowest BCUT2D eigenvalue weighted by Gasteiger charge is -2.19. The van der Waals surface area contributed by atoms with Gasteiger partial charge < -0.3 is 20.0 Å². The zero-order valence-electron chi connectivity index (χ0n) is 20.1. The molecule has 0 radical (unpaired) electrons. The molecule has 1 unspecified atom stereocenters. The van der Waals surface area contributed by atoms with E-state index in [1.54, 1.807) is 21.0 Å². The van der Waals surface area contributed by atoms with Crippen molar-refractivity contribution in [3.05, 3.63) is 98.6 Å². The average molecular weight is 469 g/mol. The van der Waals surface area contributed by atoms with Gasteiger partial charge in [0.15, 0.2) is 0 Å². The number of methoxy groups -OCH3 is 1. The van der Waals surface area contributed by atoms with Crippen LogP contribution in [0.5, 0.6) is 5.75 Å². The molecule has 3 N–H and O–H groups in total. The molecule has 0 aliphatic rings. The fraction of sp³-hybridized carbons (Fsp3) is 0.250. The molecule has 7 heteroatoms. The van der Waals surface area contributed by atoms with Crippen LogP contribution in [0.2, 0.25) is 0 Å². The van der Waals surface area contributed by atoms with E-state index in [-0.39, 0.29) is 23.8 Å². The van der Waals surface area contributed by atoms with Gasteiger partial charge in [-0.15, -0.1) is 0 Å². The van der Waals surface area contributed by atoms with Crippen LogP contribution in [0.4, 0.5) is 0 Å². The first-order valence-corrected chi connectivity index (χ1v) is 11.5. The van der Waals surface area contributed by atoms with Gasteiger partial charge >= 0.3 is 0 Å². The van der Waals surface area contributed by atoms with Gasteiger partial charge in [0.2, 0.25) is 5.91 Å². The van der Waals surface area contributed by atoms with E-state index in [9.17, 15) is 14.9 Å². The number of rotatable bonds is 8. The van der Waals surface area contributed by atoms with E-state index in [0.29, 0.717) is 24.2 Å². The van der Waals surface area contributed by atoms with Gasteiger partial charge in [-0.25, -0.2) is 0 Å². The standard InChI is InChI=1S/C28H28N4O3/c1-17-21(18(2)32-28(34)23(17)14-29)12-13-27(33)31-15-24(19-8-10-20(35-3)11-9-19)25-16-30-26-7-5-4-6-22(25)26/h4-11,16,24,30H,12-13,15H2,1-3H3,(H,31,33)(H,32,34). The lowest BCUT2D eigenvalue weighted by Crippen LogP contribution is -2.29. The number of carbonyl (C=O) groups is 1. The van der Waals surface area contributed by atoms with Crippen LogP contribution in [0, 0.1) is 25.2 Å². The molecule has 0 aliphatic heterocycles. The predicted octanol–water partition coefficient (Wildman–Crippen LogP) is 4.23. The number of para-hydroxylation sites is 1. The van der Waals surface area contributed by atoms with Crippen LogP contribution in [-0.2, 0) is 11.2 Å². The van der Waals surface area contributed by atoms with Crippen LogP contribution in [0.15, 0.2) is 59.5 Å². The second-order valence-corrected chi connectivity index (χ2v) is 8.59. The monoisotopic (exact) mass is 468 g/mol. The maximum Gasteiger partial charge on any atom is 0.266 e. The fourth-order valence-corrected chi connectivity index (χ4v) is 4.59. The Labute approximate surface area is 203 Å². The second kappa shape index (κ2) is 10.3. The Morgan fingerprint density at radius 3 is 2.60 bits per heavy atom. The molecule has 4 rings (SSSR count). The van der Waals surface area contributed by atoms with Gasteiger partial charge in [-0.2, -0.15) is 5.26 Å². The predicted molar refractivity (Wildman–Crippen MR) is 136 cm³/mol. The van der Waals surface area contributed by atoms with Crippen LogP contribution in [-0.4, -0.2) is 29.5 Å². The first kappa shape index (κ1) is 23.8. The maximum absolute atomic E-state index is 12.9. The largest absolute Gasteiger partial charge is 0.497 e. The third-order valence-corrected chi connectivity index (χ3v) is 6.54. The first-order chi connectivity index (χ1) is 16.9. The summed E-state index contributed by atoms with van der Waals surface area (Å²) >= 11 is 0. The molecule has 178 valence electrons. The number of hydrogen-bond acceptors (Lipinski definition) is 4. The molecule has 0 aliphatic carbocycles. The number of aryl methyl sites for hydroxylation is 1. The number of nitriles is 1. The van der Waals surface area contributed by atoms with Crippen LogP contribution in [0.3, 0.4) is 0 Å². The fourth-order valence-electron chi connectivity index (χ4n) is 4.59. The third-order valence-electron chi connectivity index (χ3n) is 6.54. The van der Waals surface area contributed by atoms with Crippen molar-refractivity contribution in [2.75, 3.05) is 13.7 Å². The van der Waals surface area contributed by atoms with E-state index in [4.69, 9.17) is 4.74 Å². The van der Waals surface area contributed by atoms with Gasteiger partial charge in [0.1, 0.15) is 17.4 Å². The lowest BCUT2D eigenvalue weighted by molar-refractivity contribution is -0.121. The molecule has 4 aromatic rings. The van der Waals surface area contributed by atoms with Crippen molar-refractivity contribution in [2.45, 2.75) is 32.6 Å². The molecule has 2 heterocycles. The molecule has 1 atom stereocenters.